The fourth-order valence-corrected chi connectivity index (χ4v) is 2.04. The van der Waals surface area contributed by atoms with Crippen molar-refractivity contribution in [3.8, 4) is 6.07 Å². The van der Waals surface area contributed by atoms with Crippen LogP contribution in [0.1, 0.15) is 5.56 Å². The van der Waals surface area contributed by atoms with Crippen molar-refractivity contribution in [1.29, 1.82) is 5.26 Å². The topological polar surface area (TPSA) is 105 Å². The first-order valence-corrected chi connectivity index (χ1v) is 5.90. The Morgan fingerprint density at radius 3 is 2.50 bits per heavy atom. The van der Waals surface area contributed by atoms with Gasteiger partial charge in [0.25, 0.3) is 0 Å². The highest BCUT2D eigenvalue weighted by atomic mass is 32.2. The van der Waals surface area contributed by atoms with Gasteiger partial charge in [-0.05, 0) is 24.3 Å². The zero-order valence-electron chi connectivity index (χ0n) is 8.38. The van der Waals surface area contributed by atoms with Gasteiger partial charge >= 0.3 is 0 Å². The number of nitrogens with zero attached hydrogens (tertiary/aromatic N) is 1. The Labute approximate surface area is 93.6 Å². The summed E-state index contributed by atoms with van der Waals surface area (Å²) in [5.74, 6) is 4.76. The fourth-order valence-electron chi connectivity index (χ4n) is 1.03. The van der Waals surface area contributed by atoms with Crippen molar-refractivity contribution < 1.29 is 13.3 Å². The third kappa shape index (κ3) is 3.29. The summed E-state index contributed by atoms with van der Waals surface area (Å²) in [6.07, 6.45) is 0. The molecule has 16 heavy (non-hydrogen) atoms. The zero-order chi connectivity index (χ0) is 12.0. The van der Waals surface area contributed by atoms with E-state index in [4.69, 9.17) is 11.2 Å². The fraction of sp³-hybridized carbons (Fsp3) is 0.222. The van der Waals surface area contributed by atoms with Crippen LogP contribution < -0.4 is 10.6 Å². The molecule has 6 nitrogen and oxygen atoms in total. The zero-order valence-corrected chi connectivity index (χ0v) is 9.20. The van der Waals surface area contributed by atoms with Gasteiger partial charge in [-0.15, -0.1) is 0 Å². The molecule has 86 valence electrons. The van der Waals surface area contributed by atoms with Crippen LogP contribution in [0.15, 0.2) is 29.2 Å². The summed E-state index contributed by atoms with van der Waals surface area (Å²) >= 11 is 0. The molecular formula is C9H11N3O3S. The van der Waals surface area contributed by atoms with Crippen molar-refractivity contribution in [1.82, 2.24) is 4.72 Å². The molecule has 0 unspecified atom stereocenters. The van der Waals surface area contributed by atoms with Crippen LogP contribution in [-0.4, -0.2) is 21.6 Å². The van der Waals surface area contributed by atoms with E-state index in [1.54, 1.807) is 0 Å². The average Bonchev–Trinajstić information content (AvgIpc) is 2.29. The van der Waals surface area contributed by atoms with Crippen molar-refractivity contribution in [3.63, 3.8) is 0 Å². The van der Waals surface area contributed by atoms with Crippen molar-refractivity contribution >= 4 is 10.0 Å². The van der Waals surface area contributed by atoms with Crippen LogP contribution in [0.5, 0.6) is 0 Å². The molecule has 0 saturated carbocycles. The molecule has 1 aromatic carbocycles. The number of hydrogen-bond acceptors (Lipinski definition) is 5. The molecule has 0 aliphatic heterocycles. The summed E-state index contributed by atoms with van der Waals surface area (Å²) in [5.41, 5.74) is 0.407. The Morgan fingerprint density at radius 2 is 2.00 bits per heavy atom. The molecule has 0 spiro atoms. The predicted octanol–water partition coefficient (Wildman–Crippen LogP) is -0.273. The summed E-state index contributed by atoms with van der Waals surface area (Å²) in [7, 11) is -3.55. The molecular weight excluding hydrogens is 230 g/mol. The smallest absolute Gasteiger partial charge is 0.240 e. The summed E-state index contributed by atoms with van der Waals surface area (Å²) in [6, 6.07) is 7.51. The second kappa shape index (κ2) is 5.58. The first-order chi connectivity index (χ1) is 7.60. The largest absolute Gasteiger partial charge is 0.303 e. The van der Waals surface area contributed by atoms with Crippen molar-refractivity contribution in [2.75, 3.05) is 13.2 Å². The van der Waals surface area contributed by atoms with Crippen molar-refractivity contribution in [3.05, 3.63) is 29.8 Å². The van der Waals surface area contributed by atoms with Crippen LogP contribution in [0.25, 0.3) is 0 Å². The van der Waals surface area contributed by atoms with E-state index >= 15 is 0 Å². The summed E-state index contributed by atoms with van der Waals surface area (Å²) in [4.78, 5) is 4.34. The lowest BCUT2D eigenvalue weighted by atomic mass is 10.2. The predicted molar refractivity (Wildman–Crippen MR) is 56.5 cm³/mol. The van der Waals surface area contributed by atoms with Gasteiger partial charge in [-0.25, -0.2) is 19.0 Å². The minimum absolute atomic E-state index is 0.0928. The van der Waals surface area contributed by atoms with Gasteiger partial charge in [0.05, 0.1) is 23.1 Å². The van der Waals surface area contributed by atoms with Crippen LogP contribution in [0.4, 0.5) is 0 Å². The van der Waals surface area contributed by atoms with Crippen molar-refractivity contribution in [2.24, 2.45) is 5.90 Å². The second-order valence-electron chi connectivity index (χ2n) is 2.90. The first kappa shape index (κ1) is 12.6. The van der Waals surface area contributed by atoms with Crippen LogP contribution in [0.3, 0.4) is 0 Å². The summed E-state index contributed by atoms with van der Waals surface area (Å²) in [6.45, 7) is 0.189. The van der Waals surface area contributed by atoms with Crippen LogP contribution in [0, 0.1) is 11.3 Å². The van der Waals surface area contributed by atoms with Gasteiger partial charge in [0.2, 0.25) is 10.0 Å². The molecule has 0 heterocycles. The van der Waals surface area contributed by atoms with E-state index < -0.39 is 10.0 Å². The van der Waals surface area contributed by atoms with Gasteiger partial charge in [-0.2, -0.15) is 5.26 Å². The Hall–Kier alpha value is -1.46. The van der Waals surface area contributed by atoms with Crippen LogP contribution in [0.2, 0.25) is 0 Å². The highest BCUT2D eigenvalue weighted by Gasteiger charge is 2.12. The quantitative estimate of drug-likeness (QED) is 0.545. The van der Waals surface area contributed by atoms with E-state index in [1.165, 1.54) is 24.3 Å². The highest BCUT2D eigenvalue weighted by Crippen LogP contribution is 2.09. The molecule has 0 saturated heterocycles. The molecule has 3 N–H and O–H groups in total. The van der Waals surface area contributed by atoms with Crippen molar-refractivity contribution in [2.45, 2.75) is 4.90 Å². The molecule has 1 rings (SSSR count). The second-order valence-corrected chi connectivity index (χ2v) is 4.67. The van der Waals surface area contributed by atoms with E-state index in [9.17, 15) is 8.42 Å². The summed E-state index contributed by atoms with van der Waals surface area (Å²) in [5, 5.41) is 8.56. The minimum Gasteiger partial charge on any atom is -0.303 e. The van der Waals surface area contributed by atoms with Crippen LogP contribution in [-0.2, 0) is 14.9 Å². The van der Waals surface area contributed by atoms with E-state index in [1.807, 2.05) is 6.07 Å². The van der Waals surface area contributed by atoms with E-state index in [0.717, 1.165) is 0 Å². The lowest BCUT2D eigenvalue weighted by Gasteiger charge is -2.05. The molecule has 0 radical (unpaired) electrons. The molecule has 0 fully saturated rings. The monoisotopic (exact) mass is 241 g/mol. The van der Waals surface area contributed by atoms with Gasteiger partial charge in [-0.3, -0.25) is 0 Å². The number of rotatable bonds is 5. The molecule has 0 aliphatic rings. The molecule has 0 aromatic heterocycles. The Kier molecular flexibility index (Phi) is 4.39. The standard InChI is InChI=1S/C9H11N3O3S/c10-7-8-1-3-9(4-2-8)16(13,14)12-5-6-15-11/h1-4,12H,5-6,11H2. The van der Waals surface area contributed by atoms with E-state index in [2.05, 4.69) is 9.56 Å². The molecule has 1 aromatic rings. The minimum atomic E-state index is -3.55. The molecule has 0 bridgehead atoms. The maximum Gasteiger partial charge on any atom is 0.240 e. The van der Waals surface area contributed by atoms with Gasteiger partial charge < -0.3 is 4.84 Å². The molecule has 0 atom stereocenters. The lowest BCUT2D eigenvalue weighted by molar-refractivity contribution is 0.143. The van der Waals surface area contributed by atoms with Gasteiger partial charge in [0.1, 0.15) is 0 Å². The number of benzene rings is 1. The average molecular weight is 241 g/mol. The maximum atomic E-state index is 11.6. The maximum absolute atomic E-state index is 11.6. The number of sulfonamides is 1. The van der Waals surface area contributed by atoms with E-state index in [0.29, 0.717) is 5.56 Å². The van der Waals surface area contributed by atoms with Gasteiger partial charge in [0.15, 0.2) is 0 Å². The van der Waals surface area contributed by atoms with Crippen LogP contribution >= 0.6 is 0 Å². The van der Waals surface area contributed by atoms with Gasteiger partial charge in [-0.1, -0.05) is 0 Å². The summed E-state index contributed by atoms with van der Waals surface area (Å²) < 4.78 is 25.5. The normalized spacial score (nSPS) is 11.0. The number of hydrogen-bond donors (Lipinski definition) is 2. The third-order valence-electron chi connectivity index (χ3n) is 1.81. The molecule has 0 aliphatic carbocycles. The Morgan fingerprint density at radius 1 is 1.38 bits per heavy atom. The molecule has 7 heteroatoms. The number of nitrogens with one attached hydrogen (secondary N) is 1. The highest BCUT2D eigenvalue weighted by molar-refractivity contribution is 7.89. The van der Waals surface area contributed by atoms with E-state index in [-0.39, 0.29) is 18.0 Å². The Balaban J connectivity index is 2.79. The SMILES string of the molecule is N#Cc1ccc(S(=O)(=O)NCCON)cc1. The third-order valence-corrected chi connectivity index (χ3v) is 3.28. The van der Waals surface area contributed by atoms with Gasteiger partial charge in [0, 0.05) is 6.54 Å². The lowest BCUT2D eigenvalue weighted by Crippen LogP contribution is -2.28. The first-order valence-electron chi connectivity index (χ1n) is 4.41. The Bertz CT molecular complexity index is 476. The number of nitrogens with two attached hydrogens (primary N) is 1. The number of nitriles is 1. The molecule has 0 amide bonds.